The largest absolute Gasteiger partial charge is 0.472 e. The normalized spacial score (nSPS) is 14.4. The standard InChI is InChI=1S/C56H107N2O6P/c1-6-8-10-12-14-16-18-20-22-23-24-25-26-27-28-29-30-31-32-33-34-36-38-40-42-44-46-48-50-56(60)57-54(53-64-65(61,62)63-52-51-58(3,4)5)55(59)49-47-45-43-41-39-37-35-21-19-17-15-13-11-9-7-2/h19,21,27-28,39,41,47,49,54-55,59H,6-18,20,22-26,29-38,40,42-46,48,50-53H2,1-5H3,(H-,57,60,61,62)/p+1/b21-19+,28-27-,41-39+,49-47+. The van der Waals surface area contributed by atoms with E-state index in [-0.39, 0.29) is 19.1 Å². The van der Waals surface area contributed by atoms with Gasteiger partial charge in [-0.3, -0.25) is 13.8 Å². The first kappa shape index (κ1) is 63.5. The molecule has 0 fully saturated rings. The van der Waals surface area contributed by atoms with Gasteiger partial charge in [-0.05, 0) is 70.6 Å². The van der Waals surface area contributed by atoms with Crippen LogP contribution in [0.15, 0.2) is 48.6 Å². The number of nitrogens with zero attached hydrogens (tertiary/aromatic N) is 1. The van der Waals surface area contributed by atoms with Crippen molar-refractivity contribution in [2.24, 2.45) is 0 Å². The van der Waals surface area contributed by atoms with Gasteiger partial charge in [-0.2, -0.15) is 0 Å². The molecule has 0 rings (SSSR count). The molecular formula is C56H108N2O6P+. The van der Waals surface area contributed by atoms with Crippen molar-refractivity contribution in [1.29, 1.82) is 0 Å². The summed E-state index contributed by atoms with van der Waals surface area (Å²) in [6, 6.07) is -0.870. The molecule has 1 amide bonds. The average molecular weight is 936 g/mol. The molecule has 9 heteroatoms. The molecule has 0 saturated carbocycles. The summed E-state index contributed by atoms with van der Waals surface area (Å²) >= 11 is 0. The molecule has 0 aromatic rings. The van der Waals surface area contributed by atoms with E-state index in [1.165, 1.54) is 186 Å². The van der Waals surface area contributed by atoms with Crippen LogP contribution in [0.5, 0.6) is 0 Å². The Morgan fingerprint density at radius 1 is 0.508 bits per heavy atom. The van der Waals surface area contributed by atoms with Crippen LogP contribution in [0.2, 0.25) is 0 Å². The van der Waals surface area contributed by atoms with E-state index in [0.29, 0.717) is 17.4 Å². The lowest BCUT2D eigenvalue weighted by molar-refractivity contribution is -0.870. The number of carbonyl (C=O) groups excluding carboxylic acids is 1. The van der Waals surface area contributed by atoms with Crippen molar-refractivity contribution < 1.29 is 32.9 Å². The molecule has 0 radical (unpaired) electrons. The van der Waals surface area contributed by atoms with Crippen LogP contribution in [-0.2, 0) is 18.4 Å². The molecule has 0 spiro atoms. The van der Waals surface area contributed by atoms with Crippen molar-refractivity contribution in [2.45, 2.75) is 264 Å². The highest BCUT2D eigenvalue weighted by atomic mass is 31.2. The molecule has 65 heavy (non-hydrogen) atoms. The van der Waals surface area contributed by atoms with E-state index < -0.39 is 20.0 Å². The van der Waals surface area contributed by atoms with Gasteiger partial charge < -0.3 is 19.8 Å². The summed E-state index contributed by atoms with van der Waals surface area (Å²) in [5, 5.41) is 13.9. The molecule has 0 heterocycles. The van der Waals surface area contributed by atoms with E-state index in [0.717, 1.165) is 44.9 Å². The van der Waals surface area contributed by atoms with Crippen molar-refractivity contribution in [1.82, 2.24) is 5.32 Å². The average Bonchev–Trinajstić information content (AvgIpc) is 3.26. The lowest BCUT2D eigenvalue weighted by atomic mass is 10.0. The van der Waals surface area contributed by atoms with Gasteiger partial charge in [-0.15, -0.1) is 0 Å². The van der Waals surface area contributed by atoms with Gasteiger partial charge in [0.05, 0.1) is 39.9 Å². The number of quaternary nitrogens is 1. The summed E-state index contributed by atoms with van der Waals surface area (Å²) in [5.41, 5.74) is 0. The molecule has 0 aromatic carbocycles. The number of amides is 1. The van der Waals surface area contributed by atoms with E-state index in [2.05, 4.69) is 55.6 Å². The van der Waals surface area contributed by atoms with Crippen LogP contribution >= 0.6 is 7.82 Å². The molecule has 382 valence electrons. The highest BCUT2D eigenvalue weighted by molar-refractivity contribution is 7.47. The molecule has 3 unspecified atom stereocenters. The summed E-state index contributed by atoms with van der Waals surface area (Å²) in [4.78, 5) is 23.2. The van der Waals surface area contributed by atoms with Gasteiger partial charge in [0.15, 0.2) is 0 Å². The third kappa shape index (κ3) is 50.2. The van der Waals surface area contributed by atoms with Crippen molar-refractivity contribution in [3.8, 4) is 0 Å². The number of likely N-dealkylation sites (N-methyl/N-ethyl adjacent to an activating group) is 1. The topological polar surface area (TPSA) is 105 Å². The Morgan fingerprint density at radius 3 is 1.23 bits per heavy atom. The lowest BCUT2D eigenvalue weighted by Crippen LogP contribution is -2.45. The molecular weight excluding hydrogens is 828 g/mol. The van der Waals surface area contributed by atoms with Crippen LogP contribution in [0.4, 0.5) is 0 Å². The lowest BCUT2D eigenvalue weighted by Gasteiger charge is -2.25. The number of phosphoric ester groups is 1. The molecule has 0 saturated heterocycles. The molecule has 0 bridgehead atoms. The van der Waals surface area contributed by atoms with Crippen molar-refractivity contribution in [3.63, 3.8) is 0 Å². The second-order valence-corrected chi connectivity index (χ2v) is 21.4. The fourth-order valence-electron chi connectivity index (χ4n) is 7.89. The molecule has 0 aromatic heterocycles. The van der Waals surface area contributed by atoms with E-state index in [4.69, 9.17) is 9.05 Å². The van der Waals surface area contributed by atoms with Crippen LogP contribution in [0.3, 0.4) is 0 Å². The number of allylic oxidation sites excluding steroid dienone is 7. The van der Waals surface area contributed by atoms with Crippen LogP contribution < -0.4 is 5.32 Å². The molecule has 0 aliphatic carbocycles. The second-order valence-electron chi connectivity index (χ2n) is 19.9. The van der Waals surface area contributed by atoms with Gasteiger partial charge in [0.1, 0.15) is 13.2 Å². The summed E-state index contributed by atoms with van der Waals surface area (Å²) in [6.45, 7) is 4.79. The van der Waals surface area contributed by atoms with Gasteiger partial charge in [-0.25, -0.2) is 4.57 Å². The van der Waals surface area contributed by atoms with Gasteiger partial charge in [0.2, 0.25) is 5.91 Å². The molecule has 3 atom stereocenters. The Labute approximate surface area is 403 Å². The maximum absolute atomic E-state index is 12.9. The summed E-state index contributed by atoms with van der Waals surface area (Å²) in [7, 11) is 1.55. The number of nitrogens with one attached hydrogen (secondary N) is 1. The minimum absolute atomic E-state index is 0.0531. The first-order valence-electron chi connectivity index (χ1n) is 27.5. The third-order valence-corrected chi connectivity index (χ3v) is 13.2. The number of aliphatic hydroxyl groups is 1. The van der Waals surface area contributed by atoms with Crippen molar-refractivity contribution >= 4 is 13.7 Å². The van der Waals surface area contributed by atoms with E-state index in [1.807, 2.05) is 27.2 Å². The zero-order chi connectivity index (χ0) is 47.8. The Morgan fingerprint density at radius 2 is 0.846 bits per heavy atom. The maximum atomic E-state index is 12.9. The first-order valence-corrected chi connectivity index (χ1v) is 29.0. The number of unbranched alkanes of at least 4 members (excludes halogenated alkanes) is 31. The maximum Gasteiger partial charge on any atom is 0.472 e. The van der Waals surface area contributed by atoms with Crippen molar-refractivity contribution in [3.05, 3.63) is 48.6 Å². The number of phosphoric acid groups is 1. The zero-order valence-corrected chi connectivity index (χ0v) is 44.4. The Hall–Kier alpha value is -1.54. The van der Waals surface area contributed by atoms with Crippen molar-refractivity contribution in [2.75, 3.05) is 40.9 Å². The molecule has 8 nitrogen and oxygen atoms in total. The minimum atomic E-state index is -4.35. The van der Waals surface area contributed by atoms with Gasteiger partial charge in [0.25, 0.3) is 0 Å². The van der Waals surface area contributed by atoms with Gasteiger partial charge in [-0.1, -0.05) is 223 Å². The fraction of sp³-hybridized carbons (Fsp3) is 0.839. The summed E-state index contributed by atoms with van der Waals surface area (Å²) in [5.74, 6) is -0.191. The highest BCUT2D eigenvalue weighted by Crippen LogP contribution is 2.43. The number of carbonyl (C=O) groups is 1. The van der Waals surface area contributed by atoms with E-state index >= 15 is 0 Å². The Balaban J connectivity index is 4.18. The van der Waals surface area contributed by atoms with Crippen LogP contribution in [0.1, 0.15) is 251 Å². The predicted molar refractivity (Wildman–Crippen MR) is 281 cm³/mol. The monoisotopic (exact) mass is 936 g/mol. The van der Waals surface area contributed by atoms with Crippen LogP contribution in [0.25, 0.3) is 0 Å². The number of aliphatic hydroxyl groups excluding tert-OH is 1. The number of rotatable bonds is 50. The van der Waals surface area contributed by atoms with Gasteiger partial charge in [0, 0.05) is 6.42 Å². The first-order chi connectivity index (χ1) is 31.5. The zero-order valence-electron chi connectivity index (χ0n) is 43.5. The Bertz CT molecular complexity index is 1200. The van der Waals surface area contributed by atoms with E-state index in [1.54, 1.807) is 6.08 Å². The summed E-state index contributed by atoms with van der Waals surface area (Å²) < 4.78 is 23.6. The van der Waals surface area contributed by atoms with Crippen LogP contribution in [0, 0.1) is 0 Å². The number of hydrogen-bond donors (Lipinski definition) is 3. The molecule has 0 aliphatic heterocycles. The molecule has 3 N–H and O–H groups in total. The third-order valence-electron chi connectivity index (χ3n) is 12.2. The second kappa shape index (κ2) is 47.5. The minimum Gasteiger partial charge on any atom is -0.387 e. The molecule has 0 aliphatic rings. The SMILES string of the molecule is CCCCCCC/C=C/CC/C=C/CC/C=C/C(O)C(COP(=O)(O)OCC[N+](C)(C)C)NC(=O)CCCCCCCCCCCCCC/C=C\CCCCCCCCCCCCCC. The number of hydrogen-bond acceptors (Lipinski definition) is 5. The Kier molecular flexibility index (Phi) is 46.4. The quantitative estimate of drug-likeness (QED) is 0.0243. The van der Waals surface area contributed by atoms with Gasteiger partial charge >= 0.3 is 7.82 Å². The predicted octanol–water partition coefficient (Wildman–Crippen LogP) is 16.4. The fourth-order valence-corrected chi connectivity index (χ4v) is 8.63. The highest BCUT2D eigenvalue weighted by Gasteiger charge is 2.27. The summed E-state index contributed by atoms with van der Waals surface area (Å²) in [6.07, 6.45) is 62.2. The smallest absolute Gasteiger partial charge is 0.387 e. The van der Waals surface area contributed by atoms with Crippen LogP contribution in [-0.4, -0.2) is 73.4 Å². The van der Waals surface area contributed by atoms with E-state index in [9.17, 15) is 19.4 Å².